The SMILES string of the molecule is O=C(NCS(=O)(=O)O)C1CCN(c2cc(N3CC[C@H]3C(=O)NCCc3ccc(C(F)(F)F)cc3)nc(C(F)(F)F)n2)CC1. The summed E-state index contributed by atoms with van der Waals surface area (Å²) < 4.78 is 110. The fourth-order valence-corrected chi connectivity index (χ4v) is 5.10. The molecule has 0 saturated carbocycles. The summed E-state index contributed by atoms with van der Waals surface area (Å²) in [5.74, 6) is -4.21. The molecule has 2 saturated heterocycles. The predicted octanol–water partition coefficient (Wildman–Crippen LogP) is 2.63. The lowest BCUT2D eigenvalue weighted by molar-refractivity contribution is -0.144. The maximum atomic E-state index is 13.7. The zero-order chi connectivity index (χ0) is 31.6. The van der Waals surface area contributed by atoms with Gasteiger partial charge in [-0.2, -0.15) is 34.8 Å². The number of benzene rings is 1. The Hall–Kier alpha value is -3.67. The molecule has 2 aliphatic rings. The quantitative estimate of drug-likeness (QED) is 0.279. The monoisotopic (exact) mass is 638 g/mol. The lowest BCUT2D eigenvalue weighted by Gasteiger charge is -2.41. The summed E-state index contributed by atoms with van der Waals surface area (Å²) in [7, 11) is -4.41. The van der Waals surface area contributed by atoms with Crippen molar-refractivity contribution in [2.45, 2.75) is 44.1 Å². The van der Waals surface area contributed by atoms with Crippen molar-refractivity contribution in [3.05, 3.63) is 47.3 Å². The summed E-state index contributed by atoms with van der Waals surface area (Å²) in [6.07, 6.45) is -8.39. The van der Waals surface area contributed by atoms with E-state index in [2.05, 4.69) is 20.6 Å². The zero-order valence-electron chi connectivity index (χ0n) is 22.5. The minimum Gasteiger partial charge on any atom is -0.356 e. The fourth-order valence-electron chi connectivity index (χ4n) is 4.78. The van der Waals surface area contributed by atoms with Gasteiger partial charge in [0.2, 0.25) is 17.6 Å². The highest BCUT2D eigenvalue weighted by atomic mass is 32.2. The number of nitrogens with one attached hydrogen (secondary N) is 2. The molecule has 0 unspecified atom stereocenters. The number of aromatic nitrogens is 2. The summed E-state index contributed by atoms with van der Waals surface area (Å²) >= 11 is 0. The van der Waals surface area contributed by atoms with Gasteiger partial charge in [0.15, 0.2) is 0 Å². The Bertz CT molecular complexity index is 1430. The Kier molecular flexibility index (Phi) is 9.39. The van der Waals surface area contributed by atoms with E-state index in [1.165, 1.54) is 28.0 Å². The normalized spacial score (nSPS) is 18.3. The van der Waals surface area contributed by atoms with Gasteiger partial charge in [0.25, 0.3) is 10.1 Å². The average molecular weight is 639 g/mol. The molecule has 1 atom stereocenters. The molecule has 11 nitrogen and oxygen atoms in total. The molecule has 2 fully saturated rings. The van der Waals surface area contributed by atoms with Crippen LogP contribution in [0.4, 0.5) is 38.0 Å². The van der Waals surface area contributed by atoms with Crippen LogP contribution in [0, 0.1) is 5.92 Å². The molecule has 0 spiro atoms. The van der Waals surface area contributed by atoms with Crippen LogP contribution >= 0.6 is 0 Å². The molecule has 236 valence electrons. The zero-order valence-corrected chi connectivity index (χ0v) is 23.3. The minimum atomic E-state index is -4.89. The first kappa shape index (κ1) is 32.2. The second kappa shape index (κ2) is 12.5. The number of halogens is 6. The summed E-state index contributed by atoms with van der Waals surface area (Å²) in [5, 5.41) is 4.77. The second-order valence-electron chi connectivity index (χ2n) is 10.2. The van der Waals surface area contributed by atoms with Crippen molar-refractivity contribution >= 4 is 33.6 Å². The topological polar surface area (TPSA) is 145 Å². The molecule has 0 radical (unpaired) electrons. The first-order chi connectivity index (χ1) is 20.0. The van der Waals surface area contributed by atoms with Crippen LogP contribution in [-0.4, -0.2) is 72.9 Å². The molecule has 43 heavy (non-hydrogen) atoms. The van der Waals surface area contributed by atoms with Gasteiger partial charge in [0.1, 0.15) is 23.6 Å². The molecule has 3 N–H and O–H groups in total. The van der Waals surface area contributed by atoms with Crippen molar-refractivity contribution in [2.24, 2.45) is 5.92 Å². The maximum Gasteiger partial charge on any atom is 0.451 e. The number of hydrogen-bond acceptors (Lipinski definition) is 8. The van der Waals surface area contributed by atoms with E-state index in [9.17, 15) is 44.3 Å². The lowest BCUT2D eigenvalue weighted by Crippen LogP contribution is -2.57. The number of hydrogen-bond donors (Lipinski definition) is 3. The third-order valence-corrected chi connectivity index (χ3v) is 7.69. The van der Waals surface area contributed by atoms with Crippen LogP contribution in [0.2, 0.25) is 0 Å². The van der Waals surface area contributed by atoms with Crippen LogP contribution in [0.3, 0.4) is 0 Å². The molecule has 3 heterocycles. The number of alkyl halides is 6. The van der Waals surface area contributed by atoms with E-state index in [0.717, 1.165) is 12.1 Å². The molecule has 2 amide bonds. The number of carbonyl (C=O) groups excluding carboxylic acids is 2. The van der Waals surface area contributed by atoms with Gasteiger partial charge in [-0.1, -0.05) is 12.1 Å². The summed E-state index contributed by atoms with van der Waals surface area (Å²) in [5.41, 5.74) is -0.230. The largest absolute Gasteiger partial charge is 0.451 e. The minimum absolute atomic E-state index is 0.0533. The Balaban J connectivity index is 1.39. The Morgan fingerprint density at radius 1 is 0.884 bits per heavy atom. The molecular formula is C25H28F6N6O5S. The molecule has 2 aromatic rings. The Morgan fingerprint density at radius 2 is 1.51 bits per heavy atom. The van der Waals surface area contributed by atoms with E-state index >= 15 is 0 Å². The Morgan fingerprint density at radius 3 is 2.05 bits per heavy atom. The number of nitrogens with zero attached hydrogens (tertiary/aromatic N) is 4. The van der Waals surface area contributed by atoms with Crippen molar-refractivity contribution < 1.29 is 48.9 Å². The predicted molar refractivity (Wildman–Crippen MR) is 140 cm³/mol. The van der Waals surface area contributed by atoms with Gasteiger partial charge < -0.3 is 20.4 Å². The molecule has 18 heteroatoms. The summed E-state index contributed by atoms with van der Waals surface area (Å²) in [6.45, 7) is 0.613. The molecule has 1 aromatic carbocycles. The number of anilines is 2. The van der Waals surface area contributed by atoms with E-state index in [0.29, 0.717) is 12.0 Å². The third-order valence-electron chi connectivity index (χ3n) is 7.18. The average Bonchev–Trinajstić information content (AvgIpc) is 2.90. The standard InChI is InChI=1S/C25H28F6N6O5S/c26-24(27,28)17-3-1-15(2-4-17)5-9-32-22(39)18-8-12-37(18)20-13-19(34-23(35-20)25(29,30)31)36-10-6-16(7-11-36)21(38)33-14-43(40,41)42/h1-4,13,16,18H,5-12,14H2,(H,32,39)(H,33,38)(H,40,41,42)/t18-/m0/s1. The van der Waals surface area contributed by atoms with E-state index < -0.39 is 63.5 Å². The van der Waals surface area contributed by atoms with Gasteiger partial charge >= 0.3 is 12.4 Å². The van der Waals surface area contributed by atoms with Crippen LogP contribution in [0.1, 0.15) is 36.2 Å². The van der Waals surface area contributed by atoms with E-state index in [4.69, 9.17) is 4.55 Å². The van der Waals surface area contributed by atoms with Crippen molar-refractivity contribution in [1.82, 2.24) is 20.6 Å². The second-order valence-corrected chi connectivity index (χ2v) is 11.6. The van der Waals surface area contributed by atoms with Crippen molar-refractivity contribution in [3.63, 3.8) is 0 Å². The highest BCUT2D eigenvalue weighted by Gasteiger charge is 2.40. The van der Waals surface area contributed by atoms with Gasteiger partial charge in [0.05, 0.1) is 5.56 Å². The molecule has 0 bridgehead atoms. The molecule has 0 aliphatic carbocycles. The van der Waals surface area contributed by atoms with Crippen LogP contribution in [0.25, 0.3) is 0 Å². The summed E-state index contributed by atoms with van der Waals surface area (Å²) in [4.78, 5) is 35.3. The van der Waals surface area contributed by atoms with Gasteiger partial charge in [0, 0.05) is 38.2 Å². The fraction of sp³-hybridized carbons (Fsp3) is 0.520. The van der Waals surface area contributed by atoms with Crippen LogP contribution in [-0.2, 0) is 38.5 Å². The van der Waals surface area contributed by atoms with Crippen molar-refractivity contribution in [3.8, 4) is 0 Å². The van der Waals surface area contributed by atoms with Gasteiger partial charge in [-0.05, 0) is 43.4 Å². The van der Waals surface area contributed by atoms with E-state index in [1.54, 1.807) is 0 Å². The van der Waals surface area contributed by atoms with Crippen LogP contribution in [0.5, 0.6) is 0 Å². The first-order valence-corrected chi connectivity index (χ1v) is 14.8. The van der Waals surface area contributed by atoms with Gasteiger partial charge in [-0.15, -0.1) is 0 Å². The van der Waals surface area contributed by atoms with Crippen LogP contribution < -0.4 is 20.4 Å². The number of carbonyl (C=O) groups is 2. The van der Waals surface area contributed by atoms with Crippen molar-refractivity contribution in [2.75, 3.05) is 41.9 Å². The Labute approximate surface area is 242 Å². The molecule has 4 rings (SSSR count). The van der Waals surface area contributed by atoms with Gasteiger partial charge in [-0.25, -0.2) is 9.97 Å². The molecule has 1 aromatic heterocycles. The maximum absolute atomic E-state index is 13.7. The van der Waals surface area contributed by atoms with Crippen LogP contribution in [0.15, 0.2) is 30.3 Å². The third kappa shape index (κ3) is 8.46. The number of piperidine rings is 1. The lowest BCUT2D eigenvalue weighted by atomic mass is 9.96. The highest BCUT2D eigenvalue weighted by Crippen LogP contribution is 2.34. The smallest absolute Gasteiger partial charge is 0.356 e. The summed E-state index contributed by atoms with van der Waals surface area (Å²) in [6, 6.07) is 5.01. The highest BCUT2D eigenvalue weighted by molar-refractivity contribution is 7.85. The number of amides is 2. The van der Waals surface area contributed by atoms with Gasteiger partial charge in [-0.3, -0.25) is 14.1 Å². The molecular weight excluding hydrogens is 610 g/mol. The number of rotatable bonds is 9. The van der Waals surface area contributed by atoms with E-state index in [1.807, 2.05) is 0 Å². The van der Waals surface area contributed by atoms with Crippen molar-refractivity contribution in [1.29, 1.82) is 0 Å². The first-order valence-electron chi connectivity index (χ1n) is 13.2. The van der Waals surface area contributed by atoms with E-state index in [-0.39, 0.29) is 57.1 Å². The molecule has 2 aliphatic heterocycles.